The maximum absolute atomic E-state index is 15.2. The van der Waals surface area contributed by atoms with Crippen molar-refractivity contribution in [3.05, 3.63) is 76.6 Å². The zero-order valence-corrected chi connectivity index (χ0v) is 20.4. The van der Waals surface area contributed by atoms with Crippen LogP contribution in [0.3, 0.4) is 0 Å². The second kappa shape index (κ2) is 10.2. The van der Waals surface area contributed by atoms with Crippen LogP contribution < -0.4 is 14.2 Å². The van der Waals surface area contributed by atoms with Crippen LogP contribution in [-0.2, 0) is 16.1 Å². The fraction of sp³-hybridized carbons (Fsp3) is 0.345. The van der Waals surface area contributed by atoms with Crippen LogP contribution >= 0.6 is 0 Å². The molecular formula is C29H29FO6. The predicted octanol–water partition coefficient (Wildman–Crippen LogP) is 5.81. The average molecular weight is 493 g/mol. The number of aliphatic carboxylic acids is 1. The van der Waals surface area contributed by atoms with Gasteiger partial charge in [-0.1, -0.05) is 24.3 Å². The van der Waals surface area contributed by atoms with Gasteiger partial charge in [-0.05, 0) is 59.9 Å². The molecule has 0 aromatic heterocycles. The molecule has 0 amide bonds. The van der Waals surface area contributed by atoms with Gasteiger partial charge in [0.1, 0.15) is 24.2 Å². The zero-order valence-electron chi connectivity index (χ0n) is 20.4. The second-order valence-corrected chi connectivity index (χ2v) is 9.40. The lowest BCUT2D eigenvalue weighted by molar-refractivity contribution is -0.137. The Kier molecular flexibility index (Phi) is 6.83. The van der Waals surface area contributed by atoms with E-state index in [4.69, 9.17) is 24.1 Å². The molecule has 2 heterocycles. The topological polar surface area (TPSA) is 74.2 Å². The number of carbonyl (C=O) groups is 1. The van der Waals surface area contributed by atoms with Crippen LogP contribution in [0.5, 0.6) is 17.2 Å². The molecule has 1 N–H and O–H groups in total. The lowest BCUT2D eigenvalue weighted by Gasteiger charge is -2.18. The number of hydrogen-bond acceptors (Lipinski definition) is 5. The van der Waals surface area contributed by atoms with Crippen LogP contribution in [-0.4, -0.2) is 37.0 Å². The van der Waals surface area contributed by atoms with E-state index >= 15 is 4.39 Å². The minimum Gasteiger partial charge on any atom is -0.492 e. The van der Waals surface area contributed by atoms with Gasteiger partial charge in [0.05, 0.1) is 26.2 Å². The Bertz CT molecular complexity index is 1280. The first-order valence-electron chi connectivity index (χ1n) is 12.1. The molecule has 0 radical (unpaired) electrons. The van der Waals surface area contributed by atoms with Crippen molar-refractivity contribution < 1.29 is 33.2 Å². The number of aryl methyl sites for hydroxylation is 1. The Morgan fingerprint density at radius 2 is 2.00 bits per heavy atom. The quantitative estimate of drug-likeness (QED) is 0.428. The summed E-state index contributed by atoms with van der Waals surface area (Å²) in [6.07, 6.45) is 0.694. The molecule has 7 heteroatoms. The summed E-state index contributed by atoms with van der Waals surface area (Å²) >= 11 is 0. The highest BCUT2D eigenvalue weighted by molar-refractivity contribution is 5.73. The summed E-state index contributed by atoms with van der Waals surface area (Å²) < 4.78 is 38.1. The van der Waals surface area contributed by atoms with E-state index in [2.05, 4.69) is 0 Å². The fourth-order valence-corrected chi connectivity index (χ4v) is 4.95. The van der Waals surface area contributed by atoms with E-state index in [1.54, 1.807) is 19.1 Å². The van der Waals surface area contributed by atoms with Crippen molar-refractivity contribution in [3.8, 4) is 28.4 Å². The number of fused-ring (bicyclic) bond motifs is 1. The Labute approximate surface area is 209 Å². The number of carboxylic acid groups (broad SMARTS) is 1. The number of hydrogen-bond donors (Lipinski definition) is 1. The van der Waals surface area contributed by atoms with Crippen molar-refractivity contribution >= 4 is 5.97 Å². The van der Waals surface area contributed by atoms with Gasteiger partial charge in [0.25, 0.3) is 0 Å². The van der Waals surface area contributed by atoms with E-state index < -0.39 is 5.97 Å². The number of ether oxygens (including phenoxy) is 4. The van der Waals surface area contributed by atoms with Gasteiger partial charge < -0.3 is 24.1 Å². The molecule has 36 heavy (non-hydrogen) atoms. The standard InChI is InChI=1S/C29H29FO6/c1-17-10-26(36-23-8-9-33-16-23)29(30)18(2)28(17)20-5-3-4-19(11-20)14-34-22-6-7-24-21(12-27(31)32)15-35-25(24)13-22/h3-7,10-11,13,21,23H,8-9,12,14-16H2,1-2H3,(H,31,32)/t21-,23-/m1/s1. The van der Waals surface area contributed by atoms with Crippen molar-refractivity contribution in [1.29, 1.82) is 0 Å². The van der Waals surface area contributed by atoms with E-state index in [0.29, 0.717) is 43.5 Å². The molecule has 3 aromatic rings. The molecular weight excluding hydrogens is 463 g/mol. The Morgan fingerprint density at radius 3 is 2.78 bits per heavy atom. The van der Waals surface area contributed by atoms with Gasteiger partial charge in [-0.3, -0.25) is 4.79 Å². The van der Waals surface area contributed by atoms with Gasteiger partial charge in [0.2, 0.25) is 0 Å². The highest BCUT2D eigenvalue weighted by atomic mass is 19.1. The number of rotatable bonds is 8. The molecule has 2 aliphatic rings. The molecule has 0 spiro atoms. The zero-order chi connectivity index (χ0) is 25.2. The SMILES string of the molecule is Cc1cc(O[C@@H]2CCOC2)c(F)c(C)c1-c1cccc(COc2ccc3c(c2)OC[C@H]3CC(=O)O)c1. The van der Waals surface area contributed by atoms with Crippen molar-refractivity contribution in [2.45, 2.75) is 45.3 Å². The second-order valence-electron chi connectivity index (χ2n) is 9.40. The summed E-state index contributed by atoms with van der Waals surface area (Å²) in [5.74, 6) is 0.259. The molecule has 0 unspecified atom stereocenters. The first-order valence-corrected chi connectivity index (χ1v) is 12.1. The minimum absolute atomic E-state index is 0.0432. The third-order valence-corrected chi connectivity index (χ3v) is 6.75. The van der Waals surface area contributed by atoms with Crippen molar-refractivity contribution in [2.24, 2.45) is 0 Å². The van der Waals surface area contributed by atoms with Gasteiger partial charge in [0.15, 0.2) is 11.6 Å². The van der Waals surface area contributed by atoms with E-state index in [9.17, 15) is 4.79 Å². The lowest BCUT2D eigenvalue weighted by atomic mass is 9.94. The molecule has 2 atom stereocenters. The van der Waals surface area contributed by atoms with E-state index in [1.807, 2.05) is 43.3 Å². The fourth-order valence-electron chi connectivity index (χ4n) is 4.95. The Hall–Kier alpha value is -3.58. The summed E-state index contributed by atoms with van der Waals surface area (Å²) in [5.41, 5.74) is 5.09. The third-order valence-electron chi connectivity index (χ3n) is 6.75. The lowest BCUT2D eigenvalue weighted by Crippen LogP contribution is -2.17. The predicted molar refractivity (Wildman–Crippen MR) is 132 cm³/mol. The molecule has 188 valence electrons. The number of benzene rings is 3. The third kappa shape index (κ3) is 5.02. The number of carboxylic acids is 1. The van der Waals surface area contributed by atoms with Crippen LogP contribution in [0, 0.1) is 19.7 Å². The molecule has 3 aromatic carbocycles. The maximum atomic E-state index is 15.2. The van der Waals surface area contributed by atoms with Gasteiger partial charge in [0, 0.05) is 24.0 Å². The summed E-state index contributed by atoms with van der Waals surface area (Å²) in [6, 6.07) is 15.2. The molecule has 1 saturated heterocycles. The highest BCUT2D eigenvalue weighted by Crippen LogP contribution is 2.39. The van der Waals surface area contributed by atoms with Crippen LogP contribution in [0.1, 0.15) is 41.0 Å². The van der Waals surface area contributed by atoms with Crippen LogP contribution in [0.15, 0.2) is 48.5 Å². The molecule has 1 fully saturated rings. The molecule has 0 saturated carbocycles. The maximum Gasteiger partial charge on any atom is 0.304 e. The molecule has 0 bridgehead atoms. The molecule has 6 nitrogen and oxygen atoms in total. The summed E-state index contributed by atoms with van der Waals surface area (Å²) in [4.78, 5) is 11.1. The Morgan fingerprint density at radius 1 is 1.14 bits per heavy atom. The first kappa shape index (κ1) is 24.1. The first-order chi connectivity index (χ1) is 17.4. The van der Waals surface area contributed by atoms with Gasteiger partial charge in [-0.25, -0.2) is 4.39 Å². The average Bonchev–Trinajstić information content (AvgIpc) is 3.51. The largest absolute Gasteiger partial charge is 0.492 e. The molecule has 2 aliphatic heterocycles. The molecule has 5 rings (SSSR count). The van der Waals surface area contributed by atoms with E-state index in [0.717, 1.165) is 34.2 Å². The van der Waals surface area contributed by atoms with E-state index in [1.165, 1.54) is 0 Å². The van der Waals surface area contributed by atoms with Gasteiger partial charge in [-0.2, -0.15) is 0 Å². The normalized spacial score (nSPS) is 18.5. The van der Waals surface area contributed by atoms with Gasteiger partial charge in [-0.15, -0.1) is 0 Å². The minimum atomic E-state index is -0.840. The van der Waals surface area contributed by atoms with Crippen molar-refractivity contribution in [2.75, 3.05) is 19.8 Å². The van der Waals surface area contributed by atoms with Crippen molar-refractivity contribution in [1.82, 2.24) is 0 Å². The summed E-state index contributed by atoms with van der Waals surface area (Å²) in [5, 5.41) is 9.08. The number of halogens is 1. The van der Waals surface area contributed by atoms with Gasteiger partial charge >= 0.3 is 5.97 Å². The summed E-state index contributed by atoms with van der Waals surface area (Å²) in [7, 11) is 0. The summed E-state index contributed by atoms with van der Waals surface area (Å²) in [6.45, 7) is 5.56. The van der Waals surface area contributed by atoms with Crippen molar-refractivity contribution in [3.63, 3.8) is 0 Å². The molecule has 0 aliphatic carbocycles. The smallest absolute Gasteiger partial charge is 0.304 e. The Balaban J connectivity index is 1.31. The van der Waals surface area contributed by atoms with Crippen LogP contribution in [0.2, 0.25) is 0 Å². The highest BCUT2D eigenvalue weighted by Gasteiger charge is 2.27. The monoisotopic (exact) mass is 492 g/mol. The van der Waals surface area contributed by atoms with Crippen LogP contribution in [0.25, 0.3) is 11.1 Å². The van der Waals surface area contributed by atoms with Crippen LogP contribution in [0.4, 0.5) is 4.39 Å². The van der Waals surface area contributed by atoms with E-state index in [-0.39, 0.29) is 30.0 Å².